The number of pyridine rings is 8. The van der Waals surface area contributed by atoms with Crippen LogP contribution in [0.25, 0.3) is 160 Å². The molecular formula is C88H51F12N27O10. The van der Waals surface area contributed by atoms with Crippen LogP contribution in [0.2, 0.25) is 0 Å². The maximum Gasteiger partial charge on any atom is 0.416 e. The van der Waals surface area contributed by atoms with E-state index in [0.29, 0.717) is 66.1 Å². The van der Waals surface area contributed by atoms with Gasteiger partial charge in [-0.2, -0.15) is 62.7 Å². The molecule has 0 saturated carbocycles. The Hall–Kier alpha value is -18.6. The average Bonchev–Trinajstić information content (AvgIpc) is 0.732. The van der Waals surface area contributed by atoms with Crippen molar-refractivity contribution >= 4 is 106 Å². The number of aromatic nitrogens is 24. The zero-order chi connectivity index (χ0) is 97.2. The molecule has 0 amide bonds. The van der Waals surface area contributed by atoms with Crippen molar-refractivity contribution < 1.29 is 62.9 Å². The second-order valence-electron chi connectivity index (χ2n) is 29.3. The van der Waals surface area contributed by atoms with E-state index in [1.54, 1.807) is 48.5 Å². The predicted molar refractivity (Wildman–Crippen MR) is 469 cm³/mol. The van der Waals surface area contributed by atoms with E-state index >= 15 is 0 Å². The highest BCUT2D eigenvalue weighted by Gasteiger charge is 2.36. The first-order valence-corrected chi connectivity index (χ1v) is 39.2. The number of rotatable bonds is 10. The molecule has 0 saturated heterocycles. The van der Waals surface area contributed by atoms with Crippen LogP contribution < -0.4 is 56.5 Å². The maximum absolute atomic E-state index is 13.4. The number of H-pyrrole nitrogens is 2. The fourth-order valence-corrected chi connectivity index (χ4v) is 14.4. The summed E-state index contributed by atoms with van der Waals surface area (Å²) in [5.41, 5.74) is 5.06. The summed E-state index contributed by atoms with van der Waals surface area (Å²) in [4.78, 5) is 177. The van der Waals surface area contributed by atoms with Crippen molar-refractivity contribution in [2.45, 2.75) is 38.0 Å². The van der Waals surface area contributed by atoms with Crippen LogP contribution in [0, 0.1) is 6.57 Å². The Morgan fingerprint density at radius 1 is 0.358 bits per heavy atom. The van der Waals surface area contributed by atoms with Crippen LogP contribution >= 0.6 is 0 Å². The van der Waals surface area contributed by atoms with Gasteiger partial charge in [0.1, 0.15) is 35.4 Å². The van der Waals surface area contributed by atoms with Gasteiger partial charge < -0.3 is 26.5 Å². The summed E-state index contributed by atoms with van der Waals surface area (Å²) in [6, 6.07) is 29.6. The van der Waals surface area contributed by atoms with Gasteiger partial charge in [0.05, 0.1) is 151 Å². The number of aromatic amines is 2. The van der Waals surface area contributed by atoms with Gasteiger partial charge in [-0.05, 0) is 121 Å². The van der Waals surface area contributed by atoms with Crippen molar-refractivity contribution in [1.29, 1.82) is 0 Å². The SMILES string of the molecule is Cn1c(=O)c2cnc3ccc(-c4cnc(N)nc4)nc3c2n(-c2cccc(C(F)(F)F)c2)c1=O.Nc1ncc(-c2ccc3ncc4c(=O)n(CO)c(=O)n(-c5cccc(C(F)(F)F)c5)c4c3n2)cn1.O=c1[nH]c(=O)n(-c2cccc(C(F)(F)F)c2)c2c1cnc1ccc(-c3cnc(CO)nc3)nc12.[C-]#[N+]c1ncc(-c2ccc3ncc4c(=O)[nH]c(=O)n(-c5cccc(C(F)(F)F)c5)c4c3n2)cn1. The first-order chi connectivity index (χ1) is 65.3. The van der Waals surface area contributed by atoms with Crippen molar-refractivity contribution in [1.82, 2.24) is 117 Å². The van der Waals surface area contributed by atoms with Gasteiger partial charge >= 0.3 is 53.4 Å². The topological polar surface area (TPSA) is 501 Å². The molecule has 0 unspecified atom stereocenters. The molecule has 0 bridgehead atoms. The lowest BCUT2D eigenvalue weighted by atomic mass is 10.1. The molecule has 4 aromatic carbocycles. The summed E-state index contributed by atoms with van der Waals surface area (Å²) in [6.07, 6.45) is -2.22. The molecule has 0 aliphatic heterocycles. The Kier molecular flexibility index (Phi) is 23.2. The maximum atomic E-state index is 13.4. The van der Waals surface area contributed by atoms with Crippen LogP contribution in [0.15, 0.2) is 258 Å². The summed E-state index contributed by atoms with van der Waals surface area (Å²) < 4.78 is 165. The molecule has 0 fully saturated rings. The third-order valence-corrected chi connectivity index (χ3v) is 20.9. The minimum Gasteiger partial charge on any atom is -0.394 e. The Bertz CT molecular complexity index is 8920. The quantitative estimate of drug-likeness (QED) is 0.0421. The number of fused-ring (bicyclic) bond motifs is 12. The highest BCUT2D eigenvalue weighted by Crippen LogP contribution is 2.38. The van der Waals surface area contributed by atoms with Gasteiger partial charge in [0.15, 0.2) is 5.82 Å². The van der Waals surface area contributed by atoms with Crippen LogP contribution in [0.4, 0.5) is 70.5 Å². The number of hydrogen-bond acceptors (Lipinski definition) is 28. The Labute approximate surface area is 749 Å². The molecule has 0 radical (unpaired) electrons. The lowest BCUT2D eigenvalue weighted by Crippen LogP contribution is -2.39. The van der Waals surface area contributed by atoms with Crippen molar-refractivity contribution in [3.05, 3.63) is 343 Å². The Morgan fingerprint density at radius 3 is 0.964 bits per heavy atom. The molecule has 137 heavy (non-hydrogen) atoms. The van der Waals surface area contributed by atoms with Crippen molar-refractivity contribution in [3.8, 4) is 67.8 Å². The number of alkyl halides is 12. The Morgan fingerprint density at radius 2 is 0.650 bits per heavy atom. The van der Waals surface area contributed by atoms with Crippen LogP contribution in [0.5, 0.6) is 0 Å². The van der Waals surface area contributed by atoms with E-state index in [-0.39, 0.29) is 124 Å². The zero-order valence-electron chi connectivity index (χ0n) is 68.8. The number of nitrogens with one attached hydrogen (secondary N) is 2. The van der Waals surface area contributed by atoms with Crippen LogP contribution in [-0.4, -0.2) is 127 Å². The number of anilines is 2. The number of benzene rings is 4. The second-order valence-corrected chi connectivity index (χ2v) is 29.3. The molecule has 0 aliphatic carbocycles. The van der Waals surface area contributed by atoms with E-state index < -0.39 is 98.7 Å². The Balaban J connectivity index is 0.000000127. The molecule has 37 nitrogen and oxygen atoms in total. The standard InChI is InChI=1S/C22H14F3N7O3.C22H14F3N7O2.C22H10F3N7O2.C22H13F3N6O3/c23-22(24,25)12-2-1-3-13(6-12)32-18-14(19(34)31(10-33)21(32)35)9-27-16-5-4-15(30-17(16)18)11-7-28-20(26)29-8-11;1-31-19(33)14-10-27-16-6-5-15(11-8-28-20(26)29-9-11)30-17(16)18(14)32(21(31)34)13-4-2-3-12(7-13)22(23,24)25;1-26-20-28-8-11(9-29-20)15-5-6-16-17(30-15)18-14(10-27-16)19(33)31-21(34)32(18)13-4-2-3-12(7-13)22(23,24)25;23-22(24,25)12-2-1-3-13(6-12)31-19-14(20(33)30-21(31)34)9-26-16-5-4-15(29-18(16)19)11-7-27-17(10-32)28-8-11/h1-9,33H,10H2,(H2,26,28,29);2-10H,1H3,(H2,26,28,29);2-10H,(H,31,33,34);1-9,32H,10H2,(H,30,33,34). The molecule has 16 aromatic heterocycles. The highest BCUT2D eigenvalue weighted by molar-refractivity contribution is 6.05. The number of aliphatic hydroxyl groups excluding tert-OH is 2. The fraction of sp³-hybridized carbons (Fsp3) is 0.0795. The lowest BCUT2D eigenvalue weighted by molar-refractivity contribution is -0.138. The van der Waals surface area contributed by atoms with Gasteiger partial charge in [-0.15, -0.1) is 6.57 Å². The van der Waals surface area contributed by atoms with E-state index in [4.69, 9.17) is 23.1 Å². The van der Waals surface area contributed by atoms with E-state index in [1.807, 2.05) is 0 Å². The van der Waals surface area contributed by atoms with Gasteiger partial charge in [0.25, 0.3) is 22.2 Å². The normalized spacial score (nSPS) is 11.8. The molecule has 49 heteroatoms. The zero-order valence-corrected chi connectivity index (χ0v) is 68.8. The number of aliphatic hydroxyl groups is 2. The summed E-state index contributed by atoms with van der Waals surface area (Å²) in [7, 11) is 1.24. The van der Waals surface area contributed by atoms with Crippen LogP contribution in [0.3, 0.4) is 0 Å². The first kappa shape index (κ1) is 90.3. The minimum absolute atomic E-state index is 0.00128. The number of hydrogen-bond donors (Lipinski definition) is 6. The van der Waals surface area contributed by atoms with Gasteiger partial charge in [-0.3, -0.25) is 71.9 Å². The largest absolute Gasteiger partial charge is 0.416 e. The minimum atomic E-state index is -4.68. The summed E-state index contributed by atoms with van der Waals surface area (Å²) in [5, 5.41) is 18.6. The third-order valence-electron chi connectivity index (χ3n) is 20.9. The van der Waals surface area contributed by atoms with E-state index in [1.165, 1.54) is 124 Å². The van der Waals surface area contributed by atoms with E-state index in [0.717, 1.165) is 77.4 Å². The smallest absolute Gasteiger partial charge is 0.394 e. The van der Waals surface area contributed by atoms with Crippen LogP contribution in [0.1, 0.15) is 28.1 Å². The number of nitrogens with two attached hydrogens (primary N) is 2. The van der Waals surface area contributed by atoms with Crippen LogP contribution in [-0.2, 0) is 45.1 Å². The molecule has 20 rings (SSSR count). The molecule has 0 aliphatic rings. The molecule has 0 atom stereocenters. The first-order valence-electron chi connectivity index (χ1n) is 39.2. The molecule has 682 valence electrons. The van der Waals surface area contributed by atoms with Crippen molar-refractivity contribution in [2.24, 2.45) is 7.05 Å². The van der Waals surface area contributed by atoms with Crippen molar-refractivity contribution in [3.63, 3.8) is 0 Å². The van der Waals surface area contributed by atoms with E-state index in [2.05, 4.69) is 94.6 Å². The van der Waals surface area contributed by atoms with Crippen molar-refractivity contribution in [2.75, 3.05) is 11.5 Å². The average molecular weight is 1870 g/mol. The third kappa shape index (κ3) is 17.4. The summed E-state index contributed by atoms with van der Waals surface area (Å²) >= 11 is 0. The lowest BCUT2D eigenvalue weighted by Gasteiger charge is -2.16. The highest BCUT2D eigenvalue weighted by atomic mass is 19.4. The van der Waals surface area contributed by atoms with E-state index in [9.17, 15) is 96.1 Å². The molecule has 8 N–H and O–H groups in total. The monoisotopic (exact) mass is 1870 g/mol. The number of nitrogens with zero attached hydrogens (tertiary/aromatic N) is 23. The van der Waals surface area contributed by atoms with Gasteiger partial charge in [0, 0.05) is 85.7 Å². The molecule has 20 aromatic rings. The number of nitrogen functional groups attached to an aromatic ring is 2. The predicted octanol–water partition coefficient (Wildman–Crippen LogP) is 11.0. The van der Waals surface area contributed by atoms with Gasteiger partial charge in [-0.25, -0.2) is 73.6 Å². The van der Waals surface area contributed by atoms with Gasteiger partial charge in [0.2, 0.25) is 11.9 Å². The number of halogens is 12. The summed E-state index contributed by atoms with van der Waals surface area (Å²) in [5.74, 6) is 0.270. The fourth-order valence-electron chi connectivity index (χ4n) is 14.4. The molecule has 0 spiro atoms. The second kappa shape index (κ2) is 35.2. The van der Waals surface area contributed by atoms with Gasteiger partial charge in [-0.1, -0.05) is 24.3 Å². The molecule has 16 heterocycles. The molecular weight excluding hydrogens is 1820 g/mol. The summed E-state index contributed by atoms with van der Waals surface area (Å²) in [6.45, 7) is 5.63.